The van der Waals surface area contributed by atoms with Gasteiger partial charge in [-0.15, -0.1) is 0 Å². The van der Waals surface area contributed by atoms with E-state index < -0.39 is 0 Å². The Morgan fingerprint density at radius 3 is 2.64 bits per heavy atom. The van der Waals surface area contributed by atoms with Gasteiger partial charge in [0.1, 0.15) is 17.1 Å². The van der Waals surface area contributed by atoms with E-state index in [9.17, 15) is 0 Å². The van der Waals surface area contributed by atoms with Crippen molar-refractivity contribution in [3.8, 4) is 11.5 Å². The molecule has 1 atom stereocenters. The maximum atomic E-state index is 6.45. The largest absolute Gasteiger partial charge is 0.497 e. The molecule has 138 valence electrons. The third-order valence-electron chi connectivity index (χ3n) is 5.09. The molecule has 0 spiro atoms. The summed E-state index contributed by atoms with van der Waals surface area (Å²) in [5.41, 5.74) is 5.28. The topological polar surface area (TPSA) is 18.5 Å². The van der Waals surface area contributed by atoms with Gasteiger partial charge in [-0.05, 0) is 96.4 Å². The molecule has 0 saturated heterocycles. The van der Waals surface area contributed by atoms with E-state index in [0.717, 1.165) is 50.0 Å². The number of fused-ring (bicyclic) bond motifs is 1. The van der Waals surface area contributed by atoms with Gasteiger partial charge < -0.3 is 9.47 Å². The van der Waals surface area contributed by atoms with Gasteiger partial charge in [0.05, 0.1) is 7.11 Å². The molecule has 1 aliphatic rings. The molecular weight excluding hydrogens is 308 g/mol. The van der Waals surface area contributed by atoms with Crippen LogP contribution in [0.5, 0.6) is 11.5 Å². The molecule has 0 bridgehead atoms. The first-order valence-electron chi connectivity index (χ1n) is 9.48. The highest BCUT2D eigenvalue weighted by Gasteiger charge is 2.32. The molecule has 1 heterocycles. The lowest BCUT2D eigenvalue weighted by atomic mass is 9.87. The van der Waals surface area contributed by atoms with Gasteiger partial charge in [-0.2, -0.15) is 0 Å². The SMILES string of the molecule is COc1cc(C)c2c(c1)CC[C@](C)(CCC=C(C)CCC=C(C)C)O2. The van der Waals surface area contributed by atoms with Crippen molar-refractivity contribution in [1.29, 1.82) is 0 Å². The zero-order valence-electron chi connectivity index (χ0n) is 16.9. The summed E-state index contributed by atoms with van der Waals surface area (Å²) in [6, 6.07) is 4.19. The average molecular weight is 343 g/mol. The number of methoxy groups -OCH3 is 1. The van der Waals surface area contributed by atoms with Crippen LogP contribution in [-0.2, 0) is 6.42 Å². The molecule has 0 saturated carbocycles. The third-order valence-corrected chi connectivity index (χ3v) is 5.09. The van der Waals surface area contributed by atoms with Gasteiger partial charge in [-0.1, -0.05) is 23.3 Å². The number of ether oxygens (including phenoxy) is 2. The lowest BCUT2D eigenvalue weighted by Gasteiger charge is -2.37. The smallest absolute Gasteiger partial charge is 0.126 e. The maximum Gasteiger partial charge on any atom is 0.126 e. The summed E-state index contributed by atoms with van der Waals surface area (Å²) >= 11 is 0. The minimum atomic E-state index is -0.0664. The molecule has 25 heavy (non-hydrogen) atoms. The molecule has 1 aliphatic heterocycles. The first-order chi connectivity index (χ1) is 11.8. The Labute approximate surface area is 153 Å². The fraction of sp³-hybridized carbons (Fsp3) is 0.565. The van der Waals surface area contributed by atoms with Gasteiger partial charge in [0.15, 0.2) is 0 Å². The summed E-state index contributed by atoms with van der Waals surface area (Å²) in [4.78, 5) is 0. The second kappa shape index (κ2) is 8.60. The number of benzene rings is 1. The van der Waals surface area contributed by atoms with Crippen LogP contribution in [0.1, 0.15) is 70.9 Å². The number of aryl methyl sites for hydroxylation is 2. The Morgan fingerprint density at radius 1 is 1.20 bits per heavy atom. The van der Waals surface area contributed by atoms with Gasteiger partial charge in [0.2, 0.25) is 0 Å². The van der Waals surface area contributed by atoms with Crippen molar-refractivity contribution < 1.29 is 9.47 Å². The molecule has 0 aliphatic carbocycles. The molecular formula is C23H34O2. The first-order valence-corrected chi connectivity index (χ1v) is 9.48. The van der Waals surface area contributed by atoms with Gasteiger partial charge in [-0.3, -0.25) is 0 Å². The summed E-state index contributed by atoms with van der Waals surface area (Å²) in [5.74, 6) is 2.00. The summed E-state index contributed by atoms with van der Waals surface area (Å²) < 4.78 is 11.8. The predicted molar refractivity (Wildman–Crippen MR) is 107 cm³/mol. The van der Waals surface area contributed by atoms with E-state index in [-0.39, 0.29) is 5.60 Å². The van der Waals surface area contributed by atoms with Gasteiger partial charge >= 0.3 is 0 Å². The molecule has 0 amide bonds. The standard InChI is InChI=1S/C23H34O2/c1-17(2)9-7-10-18(3)11-8-13-23(5)14-12-20-16-21(24-6)15-19(4)22(20)25-23/h9,11,15-16H,7-8,10,12-14H2,1-6H3/t23-/m0/s1. The normalized spacial score (nSPS) is 19.8. The molecule has 1 aromatic rings. The Balaban J connectivity index is 1.94. The molecule has 0 radical (unpaired) electrons. The molecule has 0 fully saturated rings. The van der Waals surface area contributed by atoms with Gasteiger partial charge in [0.25, 0.3) is 0 Å². The van der Waals surface area contributed by atoms with Crippen molar-refractivity contribution in [2.75, 3.05) is 7.11 Å². The summed E-state index contributed by atoms with van der Waals surface area (Å²) in [6.45, 7) is 10.9. The lowest BCUT2D eigenvalue weighted by Crippen LogP contribution is -2.36. The highest BCUT2D eigenvalue weighted by Crippen LogP contribution is 2.40. The van der Waals surface area contributed by atoms with E-state index in [1.807, 2.05) is 0 Å². The second-order valence-electron chi connectivity index (χ2n) is 7.89. The minimum Gasteiger partial charge on any atom is -0.497 e. The van der Waals surface area contributed by atoms with E-state index in [0.29, 0.717) is 0 Å². The maximum absolute atomic E-state index is 6.45. The van der Waals surface area contributed by atoms with Crippen LogP contribution in [0.2, 0.25) is 0 Å². The number of allylic oxidation sites excluding steroid dienone is 4. The lowest BCUT2D eigenvalue weighted by molar-refractivity contribution is 0.0561. The predicted octanol–water partition coefficient (Wildman–Crippen LogP) is 6.56. The van der Waals surface area contributed by atoms with Crippen LogP contribution in [0.4, 0.5) is 0 Å². The van der Waals surface area contributed by atoms with E-state index in [2.05, 4.69) is 58.9 Å². The zero-order valence-corrected chi connectivity index (χ0v) is 16.9. The average Bonchev–Trinajstić information content (AvgIpc) is 2.55. The summed E-state index contributed by atoms with van der Waals surface area (Å²) in [6.07, 6.45) is 11.3. The summed E-state index contributed by atoms with van der Waals surface area (Å²) in [7, 11) is 1.72. The van der Waals surface area contributed by atoms with Crippen molar-refractivity contribution in [3.63, 3.8) is 0 Å². The monoisotopic (exact) mass is 342 g/mol. The molecule has 0 unspecified atom stereocenters. The molecule has 0 N–H and O–H groups in total. The first kappa shape index (κ1) is 19.6. The molecule has 1 aromatic carbocycles. The van der Waals surface area contributed by atoms with Crippen molar-refractivity contribution in [2.24, 2.45) is 0 Å². The van der Waals surface area contributed by atoms with Crippen LogP contribution >= 0.6 is 0 Å². The van der Waals surface area contributed by atoms with E-state index in [1.54, 1.807) is 7.11 Å². The van der Waals surface area contributed by atoms with Gasteiger partial charge in [-0.25, -0.2) is 0 Å². The van der Waals surface area contributed by atoms with E-state index in [1.165, 1.54) is 22.3 Å². The minimum absolute atomic E-state index is 0.0664. The summed E-state index contributed by atoms with van der Waals surface area (Å²) in [5, 5.41) is 0. The number of rotatable bonds is 7. The second-order valence-corrected chi connectivity index (χ2v) is 7.89. The Bertz CT molecular complexity index is 650. The van der Waals surface area contributed by atoms with Gasteiger partial charge in [0, 0.05) is 0 Å². The quantitative estimate of drug-likeness (QED) is 0.522. The Hall–Kier alpha value is -1.70. The number of hydrogen-bond acceptors (Lipinski definition) is 2. The highest BCUT2D eigenvalue weighted by molar-refractivity contribution is 5.48. The van der Waals surface area contributed by atoms with Crippen molar-refractivity contribution in [1.82, 2.24) is 0 Å². The van der Waals surface area contributed by atoms with E-state index >= 15 is 0 Å². The zero-order chi connectivity index (χ0) is 18.4. The highest BCUT2D eigenvalue weighted by atomic mass is 16.5. The molecule has 2 heteroatoms. The van der Waals surface area contributed by atoms with Crippen LogP contribution in [-0.4, -0.2) is 12.7 Å². The van der Waals surface area contributed by atoms with Crippen molar-refractivity contribution in [2.45, 2.75) is 78.7 Å². The van der Waals surface area contributed by atoms with Crippen LogP contribution in [0, 0.1) is 6.92 Å². The molecule has 2 nitrogen and oxygen atoms in total. The van der Waals surface area contributed by atoms with E-state index in [4.69, 9.17) is 9.47 Å². The Morgan fingerprint density at radius 2 is 1.96 bits per heavy atom. The van der Waals surface area contributed by atoms with Crippen molar-refractivity contribution >= 4 is 0 Å². The number of hydrogen-bond donors (Lipinski definition) is 0. The third kappa shape index (κ3) is 5.66. The van der Waals surface area contributed by atoms with Crippen LogP contribution in [0.3, 0.4) is 0 Å². The van der Waals surface area contributed by atoms with Crippen LogP contribution in [0.25, 0.3) is 0 Å². The molecule has 0 aromatic heterocycles. The van der Waals surface area contributed by atoms with Crippen LogP contribution in [0.15, 0.2) is 35.4 Å². The van der Waals surface area contributed by atoms with Crippen LogP contribution < -0.4 is 9.47 Å². The fourth-order valence-electron chi connectivity index (χ4n) is 3.45. The molecule has 2 rings (SSSR count). The fourth-order valence-corrected chi connectivity index (χ4v) is 3.45. The van der Waals surface area contributed by atoms with Crippen molar-refractivity contribution in [3.05, 3.63) is 46.6 Å². The Kier molecular flexibility index (Phi) is 6.75.